The molecule has 0 spiro atoms. The van der Waals surface area contributed by atoms with E-state index in [4.69, 9.17) is 11.1 Å². The van der Waals surface area contributed by atoms with Crippen molar-refractivity contribution in [3.63, 3.8) is 0 Å². The molecule has 1 fully saturated rings. The molecule has 2 aromatic rings. The Bertz CT molecular complexity index is 909. The number of aryl methyl sites for hydroxylation is 1. The van der Waals surface area contributed by atoms with Gasteiger partial charge in [0.1, 0.15) is 0 Å². The van der Waals surface area contributed by atoms with Crippen molar-refractivity contribution in [1.29, 1.82) is 5.41 Å². The summed E-state index contributed by atoms with van der Waals surface area (Å²) >= 11 is 0. The number of rotatable bonds is 5. The zero-order valence-corrected chi connectivity index (χ0v) is 17.6. The molecule has 2 amide bonds. The largest absolute Gasteiger partial charge is 0.402 e. The van der Waals surface area contributed by atoms with Gasteiger partial charge in [0.2, 0.25) is 6.41 Å². The topological polar surface area (TPSA) is 104 Å². The van der Waals surface area contributed by atoms with Gasteiger partial charge in [0, 0.05) is 60.3 Å². The molecule has 156 valence electrons. The molecular weight excluding hydrogens is 366 g/mol. The fourth-order valence-corrected chi connectivity index (χ4v) is 3.10. The van der Waals surface area contributed by atoms with Crippen molar-refractivity contribution in [3.8, 4) is 0 Å². The lowest BCUT2D eigenvalue weighted by Crippen LogP contribution is -2.36. The summed E-state index contributed by atoms with van der Waals surface area (Å²) in [6, 6.07) is 7.74. The Balaban J connectivity index is 0.000000284. The lowest BCUT2D eigenvalue weighted by molar-refractivity contribution is -0.117. The summed E-state index contributed by atoms with van der Waals surface area (Å²) in [5, 5.41) is 11.4. The fourth-order valence-electron chi connectivity index (χ4n) is 3.10. The first-order valence-electron chi connectivity index (χ1n) is 9.78. The third kappa shape index (κ3) is 6.20. The minimum absolute atomic E-state index is 0.0548. The number of carbonyl (C=O) groups excluding carboxylic acids is 2. The maximum atomic E-state index is 12.2. The number of amides is 2. The maximum absolute atomic E-state index is 12.2. The Kier molecular flexibility index (Phi) is 7.59. The molecule has 3 rings (SSSR count). The van der Waals surface area contributed by atoms with Crippen LogP contribution in [-0.4, -0.2) is 46.6 Å². The van der Waals surface area contributed by atoms with E-state index in [0.717, 1.165) is 23.7 Å². The molecule has 29 heavy (non-hydrogen) atoms. The summed E-state index contributed by atoms with van der Waals surface area (Å²) in [6.07, 6.45) is 5.32. The molecule has 4 N–H and O–H groups in total. The van der Waals surface area contributed by atoms with Crippen molar-refractivity contribution in [2.45, 2.75) is 33.2 Å². The van der Waals surface area contributed by atoms with Crippen LogP contribution < -0.4 is 11.1 Å². The van der Waals surface area contributed by atoms with Gasteiger partial charge in [0.15, 0.2) is 0 Å². The highest BCUT2D eigenvalue weighted by Crippen LogP contribution is 2.17. The van der Waals surface area contributed by atoms with Gasteiger partial charge in [-0.25, -0.2) is 0 Å². The highest BCUT2D eigenvalue weighted by molar-refractivity contribution is 5.98. The molecule has 1 atom stereocenters. The molecule has 1 aliphatic rings. The number of fused-ring (bicyclic) bond motifs is 1. The lowest BCUT2D eigenvalue weighted by Gasteiger charge is -2.13. The van der Waals surface area contributed by atoms with Gasteiger partial charge in [0.05, 0.1) is 0 Å². The third-order valence-corrected chi connectivity index (χ3v) is 4.86. The first-order chi connectivity index (χ1) is 13.7. The zero-order valence-electron chi connectivity index (χ0n) is 17.6. The van der Waals surface area contributed by atoms with Gasteiger partial charge >= 0.3 is 0 Å². The summed E-state index contributed by atoms with van der Waals surface area (Å²) in [5.41, 5.74) is 8.41. The molecule has 0 bridgehead atoms. The van der Waals surface area contributed by atoms with Crippen molar-refractivity contribution < 1.29 is 9.59 Å². The highest BCUT2D eigenvalue weighted by Gasteiger charge is 2.23. The van der Waals surface area contributed by atoms with Crippen molar-refractivity contribution in [3.05, 3.63) is 47.8 Å². The zero-order chi connectivity index (χ0) is 21.6. The number of allylic oxidation sites excluding steroid dienone is 2. The van der Waals surface area contributed by atoms with Crippen molar-refractivity contribution in [1.82, 2.24) is 14.8 Å². The van der Waals surface area contributed by atoms with Crippen LogP contribution in [0.1, 0.15) is 37.6 Å². The molecule has 0 radical (unpaired) electrons. The molecule has 1 aromatic heterocycles. The number of hydrogen-bond acceptors (Lipinski definition) is 4. The molecule has 1 aliphatic heterocycles. The molecule has 1 unspecified atom stereocenters. The number of benzene rings is 1. The first kappa shape index (κ1) is 22.2. The summed E-state index contributed by atoms with van der Waals surface area (Å²) in [5.74, 6) is 0.206. The van der Waals surface area contributed by atoms with E-state index in [0.29, 0.717) is 30.1 Å². The first-order valence-corrected chi connectivity index (χ1v) is 9.78. The second-order valence-electron chi connectivity index (χ2n) is 7.76. The van der Waals surface area contributed by atoms with E-state index in [1.165, 1.54) is 0 Å². The molecule has 7 heteroatoms. The van der Waals surface area contributed by atoms with Crippen molar-refractivity contribution in [2.24, 2.45) is 18.7 Å². The minimum atomic E-state index is -0.0755. The van der Waals surface area contributed by atoms with Crippen molar-refractivity contribution in [2.75, 3.05) is 13.1 Å². The SMILES string of the molecule is C/C(N)=C/C(=N)C(C)C.Cn1ccc2cc(C(=O)NC3CCN(C=O)C3)ccc21. The van der Waals surface area contributed by atoms with E-state index in [2.05, 4.69) is 5.32 Å². The second-order valence-corrected chi connectivity index (χ2v) is 7.76. The average Bonchev–Trinajstić information content (AvgIpc) is 3.28. The van der Waals surface area contributed by atoms with Crippen LogP contribution in [0.15, 0.2) is 42.2 Å². The van der Waals surface area contributed by atoms with Gasteiger partial charge in [0.25, 0.3) is 5.91 Å². The number of nitrogens with two attached hydrogens (primary N) is 1. The Morgan fingerprint density at radius 3 is 2.62 bits per heavy atom. The standard InChI is InChI=1S/C15H17N3O2.C7H14N2/c1-17-6-4-11-8-12(2-3-14(11)17)15(20)16-13-5-7-18(9-13)10-19;1-5(2)7(9)4-6(3)8/h2-4,6,8,10,13H,5,7,9H2,1H3,(H,16,20);4-5,9H,8H2,1-3H3/b;6-4-,9-7?. The Hall–Kier alpha value is -3.09. The van der Waals surface area contributed by atoms with Crippen LogP contribution in [0.25, 0.3) is 10.9 Å². The normalized spacial score (nSPS) is 16.5. The lowest BCUT2D eigenvalue weighted by atomic mass is 10.1. The van der Waals surface area contributed by atoms with Gasteiger partial charge in [-0.15, -0.1) is 0 Å². The van der Waals surface area contributed by atoms with E-state index in [-0.39, 0.29) is 17.9 Å². The van der Waals surface area contributed by atoms with E-state index >= 15 is 0 Å². The quantitative estimate of drug-likeness (QED) is 0.534. The Morgan fingerprint density at radius 2 is 2.07 bits per heavy atom. The average molecular weight is 398 g/mol. The van der Waals surface area contributed by atoms with Gasteiger partial charge in [-0.2, -0.15) is 0 Å². The van der Waals surface area contributed by atoms with Gasteiger partial charge in [-0.1, -0.05) is 13.8 Å². The monoisotopic (exact) mass is 397 g/mol. The second kappa shape index (κ2) is 9.91. The van der Waals surface area contributed by atoms with E-state index in [9.17, 15) is 9.59 Å². The number of nitrogens with one attached hydrogen (secondary N) is 2. The van der Waals surface area contributed by atoms with Gasteiger partial charge in [-0.3, -0.25) is 9.59 Å². The number of nitrogens with zero attached hydrogens (tertiary/aromatic N) is 2. The smallest absolute Gasteiger partial charge is 0.251 e. The Morgan fingerprint density at radius 1 is 1.34 bits per heavy atom. The highest BCUT2D eigenvalue weighted by atomic mass is 16.2. The number of aromatic nitrogens is 1. The summed E-state index contributed by atoms with van der Waals surface area (Å²) in [6.45, 7) is 7.05. The fraction of sp³-hybridized carbons (Fsp3) is 0.409. The van der Waals surface area contributed by atoms with Crippen LogP contribution >= 0.6 is 0 Å². The van der Waals surface area contributed by atoms with E-state index in [1.807, 2.05) is 55.9 Å². The van der Waals surface area contributed by atoms with Crippen LogP contribution in [0.4, 0.5) is 0 Å². The van der Waals surface area contributed by atoms with Crippen LogP contribution in [0, 0.1) is 11.3 Å². The molecule has 1 saturated heterocycles. The summed E-state index contributed by atoms with van der Waals surface area (Å²) < 4.78 is 2.02. The van der Waals surface area contributed by atoms with Crippen LogP contribution in [-0.2, 0) is 11.8 Å². The summed E-state index contributed by atoms with van der Waals surface area (Å²) in [7, 11) is 1.98. The molecule has 7 nitrogen and oxygen atoms in total. The maximum Gasteiger partial charge on any atom is 0.251 e. The Labute approximate surface area is 172 Å². The number of carbonyl (C=O) groups is 2. The van der Waals surface area contributed by atoms with Crippen LogP contribution in [0.5, 0.6) is 0 Å². The predicted octanol–water partition coefficient (Wildman–Crippen LogP) is 2.66. The van der Waals surface area contributed by atoms with Crippen molar-refractivity contribution >= 4 is 28.9 Å². The molecule has 2 heterocycles. The third-order valence-electron chi connectivity index (χ3n) is 4.86. The molecule has 0 saturated carbocycles. The van der Waals surface area contributed by atoms with Gasteiger partial charge in [-0.05, 0) is 49.6 Å². The molecule has 0 aliphatic carbocycles. The summed E-state index contributed by atoms with van der Waals surface area (Å²) in [4.78, 5) is 24.6. The van der Waals surface area contributed by atoms with E-state index < -0.39 is 0 Å². The number of likely N-dealkylation sites (tertiary alicyclic amines) is 1. The van der Waals surface area contributed by atoms with Crippen LogP contribution in [0.3, 0.4) is 0 Å². The minimum Gasteiger partial charge on any atom is -0.402 e. The van der Waals surface area contributed by atoms with Crippen LogP contribution in [0.2, 0.25) is 0 Å². The predicted molar refractivity (Wildman–Crippen MR) is 117 cm³/mol. The molecular formula is C22H31N5O2. The van der Waals surface area contributed by atoms with Gasteiger partial charge < -0.3 is 25.9 Å². The molecule has 1 aromatic carbocycles. The van der Waals surface area contributed by atoms with E-state index in [1.54, 1.807) is 17.9 Å². The number of hydrogen-bond donors (Lipinski definition) is 3.